The van der Waals surface area contributed by atoms with E-state index >= 15 is 0 Å². The maximum atomic E-state index is 13.0. The molecule has 0 spiro atoms. The molecular weight excluding hydrogens is 534 g/mol. The molecule has 0 saturated carbocycles. The third kappa shape index (κ3) is 7.51. The van der Waals surface area contributed by atoms with Crippen molar-refractivity contribution in [2.24, 2.45) is 0 Å². The molecule has 0 radical (unpaired) electrons. The number of pyridine rings is 1. The number of nitrogens with one attached hydrogen (secondary N) is 4. The van der Waals surface area contributed by atoms with Crippen LogP contribution in [0, 0.1) is 0 Å². The Balaban J connectivity index is 1.44. The van der Waals surface area contributed by atoms with E-state index in [0.717, 1.165) is 18.4 Å². The van der Waals surface area contributed by atoms with E-state index in [1.807, 2.05) is 57.1 Å². The van der Waals surface area contributed by atoms with Crippen LogP contribution in [0.1, 0.15) is 33.1 Å². The predicted molar refractivity (Wildman–Crippen MR) is 165 cm³/mol. The summed E-state index contributed by atoms with van der Waals surface area (Å²) in [6.45, 7) is 6.10. The Kier molecular flexibility index (Phi) is 9.13. The van der Waals surface area contributed by atoms with Gasteiger partial charge in [-0.05, 0) is 77.2 Å². The summed E-state index contributed by atoms with van der Waals surface area (Å²) in [5.74, 6) is 1.67. The molecule has 2 fully saturated rings. The smallest absolute Gasteiger partial charge is 0.323 e. The highest BCUT2D eigenvalue weighted by Gasteiger charge is 2.36. The number of hydrogen-bond acceptors (Lipinski definition) is 9. The second-order valence-electron chi connectivity index (χ2n) is 11.3. The number of benzene rings is 1. The summed E-state index contributed by atoms with van der Waals surface area (Å²) in [4.78, 5) is 43.5. The summed E-state index contributed by atoms with van der Waals surface area (Å²) in [6.07, 6.45) is 5.90. The lowest BCUT2D eigenvalue weighted by molar-refractivity contribution is -0.116. The fourth-order valence-corrected chi connectivity index (χ4v) is 5.05. The molecule has 2 saturated heterocycles. The van der Waals surface area contributed by atoms with Crippen LogP contribution in [0.3, 0.4) is 0 Å². The maximum Gasteiger partial charge on any atom is 0.323 e. The van der Waals surface area contributed by atoms with Crippen molar-refractivity contribution in [2.75, 3.05) is 59.9 Å². The van der Waals surface area contributed by atoms with Gasteiger partial charge in [-0.3, -0.25) is 9.78 Å². The molecule has 42 heavy (non-hydrogen) atoms. The van der Waals surface area contributed by atoms with Gasteiger partial charge in [0.25, 0.3) is 0 Å². The Labute approximate surface area is 246 Å². The maximum absolute atomic E-state index is 13.0. The quantitative estimate of drug-likeness (QED) is 0.280. The molecule has 12 heteroatoms. The van der Waals surface area contributed by atoms with E-state index in [1.165, 1.54) is 0 Å². The summed E-state index contributed by atoms with van der Waals surface area (Å²) in [5.41, 5.74) is 2.59. The average molecular weight is 574 g/mol. The van der Waals surface area contributed by atoms with Gasteiger partial charge in [0.05, 0.1) is 24.1 Å². The molecule has 4 heterocycles. The van der Waals surface area contributed by atoms with Gasteiger partial charge < -0.3 is 35.8 Å². The summed E-state index contributed by atoms with van der Waals surface area (Å²) < 4.78 is 6.09. The number of anilines is 5. The average Bonchev–Trinajstić information content (AvgIpc) is 3.30. The number of hydrogen-bond donors (Lipinski definition) is 4. The fraction of sp³-hybridized carbons (Fsp3) is 0.433. The van der Waals surface area contributed by atoms with Crippen molar-refractivity contribution < 1.29 is 14.3 Å². The lowest BCUT2D eigenvalue weighted by Gasteiger charge is -2.34. The van der Waals surface area contributed by atoms with E-state index in [0.29, 0.717) is 60.6 Å². The topological polar surface area (TPSA) is 137 Å². The van der Waals surface area contributed by atoms with Crippen molar-refractivity contribution in [3.05, 3.63) is 48.8 Å². The van der Waals surface area contributed by atoms with Crippen LogP contribution in [-0.4, -0.2) is 83.8 Å². The number of morpholine rings is 1. The van der Waals surface area contributed by atoms with E-state index in [4.69, 9.17) is 14.7 Å². The molecule has 2 aliphatic rings. The number of carbonyl (C=O) groups is 2. The Morgan fingerprint density at radius 1 is 1.00 bits per heavy atom. The minimum absolute atomic E-state index is 0.0730. The number of amides is 3. The first kappa shape index (κ1) is 29.2. The van der Waals surface area contributed by atoms with Crippen molar-refractivity contribution >= 4 is 40.6 Å². The minimum Gasteiger partial charge on any atom is -0.371 e. The highest BCUT2D eigenvalue weighted by Crippen LogP contribution is 2.37. The number of fused-ring (bicyclic) bond motifs is 2. The zero-order chi connectivity index (χ0) is 29.6. The van der Waals surface area contributed by atoms with Crippen molar-refractivity contribution in [2.45, 2.75) is 51.4 Å². The van der Waals surface area contributed by atoms with Crippen LogP contribution in [0.25, 0.3) is 11.4 Å². The normalized spacial score (nSPS) is 17.8. The monoisotopic (exact) mass is 573 g/mol. The molecule has 12 nitrogen and oxygen atoms in total. The van der Waals surface area contributed by atoms with Crippen LogP contribution in [0.2, 0.25) is 0 Å². The molecule has 0 aliphatic carbocycles. The molecule has 1 aromatic carbocycles. The van der Waals surface area contributed by atoms with E-state index in [-0.39, 0.29) is 30.2 Å². The molecular formula is C30H39N9O3. The van der Waals surface area contributed by atoms with Gasteiger partial charge in [-0.2, -0.15) is 0 Å². The second-order valence-corrected chi connectivity index (χ2v) is 11.3. The zero-order valence-corrected chi connectivity index (χ0v) is 24.6. The largest absolute Gasteiger partial charge is 0.371 e. The predicted octanol–water partition coefficient (Wildman–Crippen LogP) is 4.26. The van der Waals surface area contributed by atoms with Gasteiger partial charge in [-0.1, -0.05) is 0 Å². The molecule has 2 unspecified atom stereocenters. The first-order valence-electron chi connectivity index (χ1n) is 14.4. The van der Waals surface area contributed by atoms with E-state index < -0.39 is 0 Å². The molecule has 2 atom stereocenters. The zero-order valence-electron chi connectivity index (χ0n) is 24.6. The number of ether oxygens (including phenoxy) is 1. The molecule has 2 aliphatic heterocycles. The van der Waals surface area contributed by atoms with Crippen molar-refractivity contribution in [3.63, 3.8) is 0 Å². The van der Waals surface area contributed by atoms with Crippen LogP contribution >= 0.6 is 0 Å². The highest BCUT2D eigenvalue weighted by molar-refractivity contribution is 6.00. The van der Waals surface area contributed by atoms with Gasteiger partial charge >= 0.3 is 6.03 Å². The van der Waals surface area contributed by atoms with Gasteiger partial charge in [0.1, 0.15) is 5.69 Å². The standard InChI is InChI=1S/C30H39N9O3/c1-19(2)32-28-26(35-25(40)13-15-38(3)4)29(39-17-23-11-12-24(18-39)42-23)37-27(36-28)20-7-9-21(10-8-20)33-30(41)34-22-6-5-14-31-16-22/h5-10,14,16,19,23-24H,11-13,15,17-18H2,1-4H3,(H,35,40)(H,32,36,37)(H2,33,34,41). The van der Waals surface area contributed by atoms with Crippen molar-refractivity contribution in [1.82, 2.24) is 19.9 Å². The lowest BCUT2D eigenvalue weighted by atomic mass is 10.2. The van der Waals surface area contributed by atoms with E-state index in [2.05, 4.69) is 31.2 Å². The summed E-state index contributed by atoms with van der Waals surface area (Å²) in [5, 5.41) is 12.1. The Bertz CT molecular complexity index is 1370. The van der Waals surface area contributed by atoms with Crippen molar-refractivity contribution in [3.8, 4) is 11.4 Å². The summed E-state index contributed by atoms with van der Waals surface area (Å²) >= 11 is 0. The number of aromatic nitrogens is 3. The van der Waals surface area contributed by atoms with Crippen molar-refractivity contribution in [1.29, 1.82) is 0 Å². The first-order valence-corrected chi connectivity index (χ1v) is 14.4. The fourth-order valence-electron chi connectivity index (χ4n) is 5.05. The minimum atomic E-state index is -0.367. The van der Waals surface area contributed by atoms with E-state index in [1.54, 1.807) is 24.5 Å². The number of nitrogens with zero attached hydrogens (tertiary/aromatic N) is 5. The first-order chi connectivity index (χ1) is 20.2. The van der Waals surface area contributed by atoms with Crippen LogP contribution in [0.15, 0.2) is 48.8 Å². The SMILES string of the molecule is CC(C)Nc1nc(-c2ccc(NC(=O)Nc3cccnc3)cc2)nc(N2CC3CCC(C2)O3)c1NC(=O)CCN(C)C. The van der Waals surface area contributed by atoms with Gasteiger partial charge in [0, 0.05) is 49.5 Å². The third-order valence-corrected chi connectivity index (χ3v) is 7.03. The second kappa shape index (κ2) is 13.1. The number of rotatable bonds is 10. The van der Waals surface area contributed by atoms with Gasteiger partial charge in [0.2, 0.25) is 5.91 Å². The summed E-state index contributed by atoms with van der Waals surface area (Å²) in [7, 11) is 3.89. The molecule has 3 aromatic rings. The summed E-state index contributed by atoms with van der Waals surface area (Å²) in [6, 6.07) is 10.6. The molecule has 5 rings (SSSR count). The Morgan fingerprint density at radius 3 is 2.36 bits per heavy atom. The number of carbonyl (C=O) groups excluding carboxylic acids is 2. The molecule has 2 bridgehead atoms. The molecule has 222 valence electrons. The van der Waals surface area contributed by atoms with Gasteiger partial charge in [0.15, 0.2) is 17.5 Å². The molecule has 3 amide bonds. The van der Waals surface area contributed by atoms with Gasteiger partial charge in [-0.25, -0.2) is 14.8 Å². The lowest BCUT2D eigenvalue weighted by Crippen LogP contribution is -2.43. The number of urea groups is 1. The third-order valence-electron chi connectivity index (χ3n) is 7.03. The Morgan fingerprint density at radius 2 is 1.71 bits per heavy atom. The van der Waals surface area contributed by atoms with Crippen LogP contribution < -0.4 is 26.2 Å². The van der Waals surface area contributed by atoms with Gasteiger partial charge in [-0.15, -0.1) is 0 Å². The Hall–Kier alpha value is -4.29. The van der Waals surface area contributed by atoms with Crippen LogP contribution in [-0.2, 0) is 9.53 Å². The highest BCUT2D eigenvalue weighted by atomic mass is 16.5. The molecule has 2 aromatic heterocycles. The van der Waals surface area contributed by atoms with Crippen LogP contribution in [0.5, 0.6) is 0 Å². The van der Waals surface area contributed by atoms with E-state index in [9.17, 15) is 9.59 Å². The molecule has 4 N–H and O–H groups in total. The van der Waals surface area contributed by atoms with Crippen LogP contribution in [0.4, 0.5) is 33.5 Å².